The molecule has 11 nitrogen and oxygen atoms in total. The molecule has 0 aliphatic carbocycles. The van der Waals surface area contributed by atoms with Gasteiger partial charge in [0.1, 0.15) is 35.8 Å². The first-order chi connectivity index (χ1) is 19.2. The van der Waals surface area contributed by atoms with Crippen LogP contribution < -0.4 is 0 Å². The van der Waals surface area contributed by atoms with E-state index in [0.717, 1.165) is 18.6 Å². The van der Waals surface area contributed by atoms with Gasteiger partial charge < -0.3 is 29.1 Å². The molecule has 0 saturated carbocycles. The summed E-state index contributed by atoms with van der Waals surface area (Å²) in [5.74, 6) is -1.22. The predicted molar refractivity (Wildman–Crippen MR) is 139 cm³/mol. The summed E-state index contributed by atoms with van der Waals surface area (Å²) in [6.45, 7) is 2.40. The Bertz CT molecular complexity index is 1350. The van der Waals surface area contributed by atoms with E-state index in [4.69, 9.17) is 14.0 Å². The fourth-order valence-corrected chi connectivity index (χ4v) is 5.81. The minimum absolute atomic E-state index is 0.0217. The van der Waals surface area contributed by atoms with Gasteiger partial charge in [0.05, 0.1) is 29.1 Å². The highest BCUT2D eigenvalue weighted by molar-refractivity contribution is 9.10. The first kappa shape index (κ1) is 28.7. The molecule has 2 aromatic heterocycles. The molecule has 4 heterocycles. The van der Waals surface area contributed by atoms with Gasteiger partial charge in [0, 0.05) is 51.1 Å². The van der Waals surface area contributed by atoms with Gasteiger partial charge >= 0.3 is 0 Å². The van der Waals surface area contributed by atoms with E-state index in [-0.39, 0.29) is 34.0 Å². The van der Waals surface area contributed by atoms with Crippen LogP contribution in [0.1, 0.15) is 43.2 Å². The highest BCUT2D eigenvalue weighted by Gasteiger charge is 2.47. The molecule has 5 rings (SSSR count). The maximum Gasteiger partial charge on any atom is 0.219 e. The van der Waals surface area contributed by atoms with E-state index >= 15 is 0 Å². The highest BCUT2D eigenvalue weighted by Crippen LogP contribution is 2.35. The Balaban J connectivity index is 1.36. The van der Waals surface area contributed by atoms with Crippen LogP contribution in [0.3, 0.4) is 0 Å². The van der Waals surface area contributed by atoms with E-state index < -0.39 is 48.7 Å². The number of aliphatic hydroxyl groups excluding tert-OH is 2. The van der Waals surface area contributed by atoms with Crippen LogP contribution in [0.15, 0.2) is 33.4 Å². The summed E-state index contributed by atoms with van der Waals surface area (Å²) in [7, 11) is 1.46. The number of piperidine rings is 1. The number of halogens is 3. The molecule has 0 spiro atoms. The number of hydrogen-bond donors (Lipinski definition) is 2. The van der Waals surface area contributed by atoms with Gasteiger partial charge in [0.15, 0.2) is 11.6 Å². The monoisotopic (exact) mass is 625 g/mol. The molecule has 2 saturated heterocycles. The summed E-state index contributed by atoms with van der Waals surface area (Å²) in [6.07, 6.45) is -0.461. The largest absolute Gasteiger partial charge is 0.394 e. The number of carbonyl (C=O) groups is 1. The third-order valence-corrected chi connectivity index (χ3v) is 8.31. The molecule has 0 bridgehead atoms. The summed E-state index contributed by atoms with van der Waals surface area (Å²) in [6, 6.07) is 3.73. The zero-order chi connectivity index (χ0) is 28.6. The van der Waals surface area contributed by atoms with Crippen molar-refractivity contribution in [2.24, 2.45) is 0 Å². The number of likely N-dealkylation sites (tertiary alicyclic amines) is 1. The number of carbonyl (C=O) groups excluding carboxylic acids is 1. The molecule has 5 atom stereocenters. The number of ether oxygens (including phenoxy) is 2. The van der Waals surface area contributed by atoms with Crippen LogP contribution in [0.25, 0.3) is 11.3 Å². The lowest BCUT2D eigenvalue weighted by Crippen LogP contribution is -2.57. The molecule has 0 unspecified atom stereocenters. The normalized spacial score (nSPS) is 25.9. The van der Waals surface area contributed by atoms with Gasteiger partial charge in [-0.2, -0.15) is 0 Å². The molecule has 2 N–H and O–H groups in total. The number of hydrogen-bond acceptors (Lipinski definition) is 9. The van der Waals surface area contributed by atoms with Crippen LogP contribution in [0.4, 0.5) is 8.78 Å². The molecular weight excluding hydrogens is 596 g/mol. The second-order valence-electron chi connectivity index (χ2n) is 10.1. The van der Waals surface area contributed by atoms with Gasteiger partial charge in [-0.25, -0.2) is 13.5 Å². The van der Waals surface area contributed by atoms with E-state index in [1.165, 1.54) is 30.1 Å². The molecular formula is C26H30BrF2N5O6. The maximum absolute atomic E-state index is 14.6. The molecule has 2 fully saturated rings. The molecule has 216 valence electrons. The van der Waals surface area contributed by atoms with Gasteiger partial charge in [-0.05, 0) is 40.9 Å². The number of methoxy groups -OCH3 is 1. The van der Waals surface area contributed by atoms with Crippen LogP contribution in [0.5, 0.6) is 0 Å². The lowest BCUT2D eigenvalue weighted by atomic mass is 9.89. The van der Waals surface area contributed by atoms with Crippen molar-refractivity contribution in [1.82, 2.24) is 25.1 Å². The number of aromatic nitrogens is 4. The minimum atomic E-state index is -1.24. The van der Waals surface area contributed by atoms with Crippen molar-refractivity contribution in [3.63, 3.8) is 0 Å². The molecule has 3 aromatic rings. The second kappa shape index (κ2) is 12.0. The third-order valence-electron chi connectivity index (χ3n) is 7.69. The number of rotatable bonds is 7. The lowest BCUT2D eigenvalue weighted by molar-refractivity contribution is -0.212. The Morgan fingerprint density at radius 3 is 2.65 bits per heavy atom. The SMILES string of the molecule is CO[C@@H]1[C@@H](n2cc(-c3ccc(Br)c(F)c3F)nn2)[C@@H](O)[C@@H](CO)O[C@@H]1Cc1cc(C2CCN(C(C)=O)CC2)on1. The Morgan fingerprint density at radius 2 is 1.98 bits per heavy atom. The van der Waals surface area contributed by atoms with E-state index in [0.29, 0.717) is 18.8 Å². The molecule has 2 aliphatic heterocycles. The minimum Gasteiger partial charge on any atom is -0.394 e. The van der Waals surface area contributed by atoms with Crippen molar-refractivity contribution in [2.45, 2.75) is 62.6 Å². The lowest BCUT2D eigenvalue weighted by Gasteiger charge is -2.43. The van der Waals surface area contributed by atoms with Crippen molar-refractivity contribution in [3.05, 3.63) is 52.0 Å². The molecule has 0 radical (unpaired) electrons. The Kier molecular flexibility index (Phi) is 8.61. The van der Waals surface area contributed by atoms with Crippen LogP contribution in [0, 0.1) is 11.6 Å². The van der Waals surface area contributed by atoms with Crippen LogP contribution in [-0.2, 0) is 20.7 Å². The van der Waals surface area contributed by atoms with Crippen molar-refractivity contribution in [2.75, 3.05) is 26.8 Å². The number of nitrogens with zero attached hydrogens (tertiary/aromatic N) is 5. The standard InChI is InChI=1S/C26H30BrF2N5O6/c1-13(36)33-7-5-14(6-8-33)19-9-15(31-40-19)10-20-26(38-2)24(25(37)21(12-35)39-20)34-11-18(30-32-34)16-3-4-17(27)23(29)22(16)28/h3-4,9,11,14,20-21,24-26,35,37H,5-8,10,12H2,1-2H3/t20-,21-,24+,25+,26+/m1/s1. The fraction of sp³-hybridized carbons (Fsp3) is 0.538. The Hall–Kier alpha value is -2.78. The summed E-state index contributed by atoms with van der Waals surface area (Å²) in [5, 5.41) is 33.3. The molecule has 2 aliphatic rings. The van der Waals surface area contributed by atoms with Crippen molar-refractivity contribution in [1.29, 1.82) is 0 Å². The van der Waals surface area contributed by atoms with Crippen molar-refractivity contribution >= 4 is 21.8 Å². The van der Waals surface area contributed by atoms with E-state index in [1.54, 1.807) is 6.92 Å². The van der Waals surface area contributed by atoms with Crippen molar-refractivity contribution in [3.8, 4) is 11.3 Å². The second-order valence-corrected chi connectivity index (χ2v) is 10.9. The molecule has 14 heteroatoms. The summed E-state index contributed by atoms with van der Waals surface area (Å²) in [5.41, 5.74) is 0.572. The van der Waals surface area contributed by atoms with Crippen LogP contribution in [-0.4, -0.2) is 92.4 Å². The van der Waals surface area contributed by atoms with E-state index in [9.17, 15) is 23.8 Å². The van der Waals surface area contributed by atoms with E-state index in [1.807, 2.05) is 11.0 Å². The average molecular weight is 626 g/mol. The quantitative estimate of drug-likeness (QED) is 0.380. The van der Waals surface area contributed by atoms with Crippen molar-refractivity contribution < 1.29 is 37.8 Å². The Morgan fingerprint density at radius 1 is 1.23 bits per heavy atom. The zero-order valence-corrected chi connectivity index (χ0v) is 23.5. The third kappa shape index (κ3) is 5.55. The fourth-order valence-electron chi connectivity index (χ4n) is 5.50. The molecule has 1 amide bonds. The topological polar surface area (TPSA) is 136 Å². The average Bonchev–Trinajstić information content (AvgIpc) is 3.62. The van der Waals surface area contributed by atoms with Crippen LogP contribution in [0.2, 0.25) is 0 Å². The van der Waals surface area contributed by atoms with Gasteiger partial charge in [0.2, 0.25) is 5.91 Å². The zero-order valence-electron chi connectivity index (χ0n) is 21.9. The van der Waals surface area contributed by atoms with Crippen LogP contribution >= 0.6 is 15.9 Å². The highest BCUT2D eigenvalue weighted by atomic mass is 79.9. The summed E-state index contributed by atoms with van der Waals surface area (Å²) in [4.78, 5) is 13.4. The number of benzene rings is 1. The van der Waals surface area contributed by atoms with Gasteiger partial charge in [0.25, 0.3) is 0 Å². The smallest absolute Gasteiger partial charge is 0.219 e. The summed E-state index contributed by atoms with van der Waals surface area (Å²) >= 11 is 2.96. The van der Waals surface area contributed by atoms with Gasteiger partial charge in [-0.15, -0.1) is 5.10 Å². The first-order valence-electron chi connectivity index (χ1n) is 13.0. The maximum atomic E-state index is 14.6. The number of amides is 1. The molecule has 40 heavy (non-hydrogen) atoms. The number of aliphatic hydroxyl groups is 2. The van der Waals surface area contributed by atoms with E-state index in [2.05, 4.69) is 31.4 Å². The Labute approximate surface area is 237 Å². The molecule has 1 aromatic carbocycles. The van der Waals surface area contributed by atoms with Gasteiger partial charge in [-0.3, -0.25) is 4.79 Å². The first-order valence-corrected chi connectivity index (χ1v) is 13.7. The van der Waals surface area contributed by atoms with Gasteiger partial charge in [-0.1, -0.05) is 10.4 Å². The summed E-state index contributed by atoms with van der Waals surface area (Å²) < 4.78 is 47.4. The predicted octanol–water partition coefficient (Wildman–Crippen LogP) is 2.62.